The monoisotopic (exact) mass is 336 g/mol. The van der Waals surface area contributed by atoms with Crippen LogP contribution < -0.4 is 4.90 Å². The number of para-hydroxylation sites is 1. The Morgan fingerprint density at radius 2 is 1.87 bits per heavy atom. The minimum absolute atomic E-state index is 0.391. The number of nitrogens with zero attached hydrogens (tertiary/aromatic N) is 4. The first-order valence-corrected chi connectivity index (χ1v) is 9.38. The van der Waals surface area contributed by atoms with E-state index >= 15 is 0 Å². The molecule has 1 aromatic carbocycles. The normalized spacial score (nSPS) is 16.7. The molecule has 1 aromatic heterocycles. The second-order valence-corrected chi connectivity index (χ2v) is 7.72. The van der Waals surface area contributed by atoms with E-state index in [1.165, 1.54) is 6.26 Å². The Morgan fingerprint density at radius 1 is 1.17 bits per heavy atom. The lowest BCUT2D eigenvalue weighted by Crippen LogP contribution is -2.46. The van der Waals surface area contributed by atoms with Gasteiger partial charge in [-0.2, -0.15) is 4.98 Å². The summed E-state index contributed by atoms with van der Waals surface area (Å²) in [7, 11) is -3.23. The maximum absolute atomic E-state index is 11.9. The summed E-state index contributed by atoms with van der Waals surface area (Å²) >= 11 is 0. The highest BCUT2D eigenvalue weighted by molar-refractivity contribution is 7.90. The molecule has 0 saturated carbocycles. The molecule has 0 aliphatic carbocycles. The van der Waals surface area contributed by atoms with E-state index in [1.807, 2.05) is 12.1 Å². The second kappa shape index (κ2) is 6.29. The summed E-state index contributed by atoms with van der Waals surface area (Å²) in [6, 6.07) is 7.17. The van der Waals surface area contributed by atoms with Gasteiger partial charge in [0, 0.05) is 39.4 Å². The van der Waals surface area contributed by atoms with Crippen molar-refractivity contribution < 1.29 is 12.9 Å². The highest BCUT2D eigenvalue weighted by Gasteiger charge is 2.23. The number of anilines is 1. The fourth-order valence-corrected chi connectivity index (χ4v) is 3.69. The molecule has 8 heteroatoms. The van der Waals surface area contributed by atoms with E-state index < -0.39 is 9.84 Å². The van der Waals surface area contributed by atoms with E-state index in [0.29, 0.717) is 23.2 Å². The molecule has 2 heterocycles. The number of hydrogen-bond donors (Lipinski definition) is 0. The van der Waals surface area contributed by atoms with Gasteiger partial charge in [-0.1, -0.05) is 17.3 Å². The fourth-order valence-electron chi connectivity index (χ4n) is 2.78. The third-order valence-electron chi connectivity index (χ3n) is 3.91. The molecule has 1 aliphatic rings. The van der Waals surface area contributed by atoms with Gasteiger partial charge in [-0.15, -0.1) is 0 Å². The molecule has 3 rings (SSSR count). The summed E-state index contributed by atoms with van der Waals surface area (Å²) in [5, 5.41) is 3.91. The quantitative estimate of drug-likeness (QED) is 0.827. The number of sulfone groups is 1. The summed E-state index contributed by atoms with van der Waals surface area (Å²) in [4.78, 5) is 8.97. The van der Waals surface area contributed by atoms with E-state index in [4.69, 9.17) is 4.52 Å². The van der Waals surface area contributed by atoms with Crippen molar-refractivity contribution in [2.45, 2.75) is 18.4 Å². The average Bonchev–Trinajstić information content (AvgIpc) is 2.92. The van der Waals surface area contributed by atoms with Gasteiger partial charge in [-0.3, -0.25) is 4.90 Å². The van der Waals surface area contributed by atoms with Gasteiger partial charge in [0.05, 0.1) is 17.1 Å². The number of aryl methyl sites for hydroxylation is 1. The minimum Gasteiger partial charge on any atom is -0.368 e. The molecule has 0 spiro atoms. The van der Waals surface area contributed by atoms with E-state index in [-0.39, 0.29) is 0 Å². The molecule has 0 amide bonds. The number of benzene rings is 1. The Bertz CT molecular complexity index is 780. The van der Waals surface area contributed by atoms with Crippen molar-refractivity contribution in [2.75, 3.05) is 37.3 Å². The van der Waals surface area contributed by atoms with Crippen molar-refractivity contribution in [3.8, 4) is 0 Å². The van der Waals surface area contributed by atoms with Crippen molar-refractivity contribution in [2.24, 2.45) is 0 Å². The molecular weight excluding hydrogens is 316 g/mol. The molecule has 23 heavy (non-hydrogen) atoms. The van der Waals surface area contributed by atoms with Crippen molar-refractivity contribution in [3.63, 3.8) is 0 Å². The molecule has 2 aromatic rings. The number of hydrogen-bond acceptors (Lipinski definition) is 7. The third kappa shape index (κ3) is 3.70. The van der Waals surface area contributed by atoms with Crippen molar-refractivity contribution in [1.29, 1.82) is 0 Å². The third-order valence-corrected chi connectivity index (χ3v) is 5.06. The van der Waals surface area contributed by atoms with E-state index in [2.05, 4.69) is 19.9 Å². The van der Waals surface area contributed by atoms with Gasteiger partial charge in [0.2, 0.25) is 5.89 Å². The van der Waals surface area contributed by atoms with E-state index in [0.717, 1.165) is 31.9 Å². The van der Waals surface area contributed by atoms with Crippen LogP contribution in [0.2, 0.25) is 0 Å². The van der Waals surface area contributed by atoms with Crippen LogP contribution in [0, 0.1) is 6.92 Å². The topological polar surface area (TPSA) is 79.5 Å². The van der Waals surface area contributed by atoms with Crippen LogP contribution in [0.15, 0.2) is 33.7 Å². The lowest BCUT2D eigenvalue weighted by molar-refractivity contribution is 0.239. The Balaban J connectivity index is 1.68. The van der Waals surface area contributed by atoms with Gasteiger partial charge >= 0.3 is 0 Å². The van der Waals surface area contributed by atoms with Crippen LogP contribution in [0.3, 0.4) is 0 Å². The summed E-state index contributed by atoms with van der Waals surface area (Å²) in [6.07, 6.45) is 1.25. The predicted molar refractivity (Wildman–Crippen MR) is 86.1 cm³/mol. The van der Waals surface area contributed by atoms with Crippen LogP contribution in [0.25, 0.3) is 0 Å². The molecule has 1 saturated heterocycles. The first-order chi connectivity index (χ1) is 10.9. The van der Waals surface area contributed by atoms with Crippen molar-refractivity contribution >= 4 is 15.5 Å². The van der Waals surface area contributed by atoms with Crippen LogP contribution in [0.4, 0.5) is 5.69 Å². The van der Waals surface area contributed by atoms with Gasteiger partial charge in [0.15, 0.2) is 15.7 Å². The standard InChI is InChI=1S/C15H20N4O3S/c1-12-16-15(17-22-12)11-18-7-9-19(10-8-18)13-5-3-4-6-14(13)23(2,20)21/h3-6H,7-11H2,1-2H3. The number of piperazine rings is 1. The second-order valence-electron chi connectivity index (χ2n) is 5.73. The zero-order valence-corrected chi connectivity index (χ0v) is 14.1. The number of aromatic nitrogens is 2. The molecule has 0 N–H and O–H groups in total. The van der Waals surface area contributed by atoms with E-state index in [1.54, 1.807) is 19.1 Å². The van der Waals surface area contributed by atoms with Crippen molar-refractivity contribution in [1.82, 2.24) is 15.0 Å². The molecule has 1 aliphatic heterocycles. The average molecular weight is 336 g/mol. The summed E-state index contributed by atoms with van der Waals surface area (Å²) in [5.41, 5.74) is 0.782. The molecule has 0 atom stereocenters. The van der Waals surface area contributed by atoms with Gasteiger partial charge in [0.25, 0.3) is 0 Å². The molecule has 0 bridgehead atoms. The maximum Gasteiger partial charge on any atom is 0.223 e. The smallest absolute Gasteiger partial charge is 0.223 e. The zero-order valence-electron chi connectivity index (χ0n) is 13.3. The van der Waals surface area contributed by atoms with Gasteiger partial charge in [-0.25, -0.2) is 8.42 Å². The van der Waals surface area contributed by atoms with Crippen LogP contribution in [0.1, 0.15) is 11.7 Å². The first-order valence-electron chi connectivity index (χ1n) is 7.49. The fraction of sp³-hybridized carbons (Fsp3) is 0.467. The molecule has 1 fully saturated rings. The highest BCUT2D eigenvalue weighted by Crippen LogP contribution is 2.26. The van der Waals surface area contributed by atoms with Crippen LogP contribution in [-0.2, 0) is 16.4 Å². The van der Waals surface area contributed by atoms with Gasteiger partial charge < -0.3 is 9.42 Å². The largest absolute Gasteiger partial charge is 0.368 e. The number of rotatable bonds is 4. The van der Waals surface area contributed by atoms with Crippen molar-refractivity contribution in [3.05, 3.63) is 36.0 Å². The Hall–Kier alpha value is -1.93. The zero-order chi connectivity index (χ0) is 16.4. The Kier molecular flexibility index (Phi) is 4.36. The summed E-state index contributed by atoms with van der Waals surface area (Å²) in [6.45, 7) is 5.61. The molecule has 0 radical (unpaired) electrons. The summed E-state index contributed by atoms with van der Waals surface area (Å²) < 4.78 is 28.9. The Morgan fingerprint density at radius 3 is 2.48 bits per heavy atom. The summed E-state index contributed by atoms with van der Waals surface area (Å²) in [5.74, 6) is 1.26. The predicted octanol–water partition coefficient (Wildman–Crippen LogP) is 1.10. The minimum atomic E-state index is -3.23. The van der Waals surface area contributed by atoms with Crippen LogP contribution in [0.5, 0.6) is 0 Å². The lowest BCUT2D eigenvalue weighted by atomic mass is 10.2. The molecular formula is C15H20N4O3S. The SMILES string of the molecule is Cc1nc(CN2CCN(c3ccccc3S(C)(=O)=O)CC2)no1. The highest BCUT2D eigenvalue weighted by atomic mass is 32.2. The molecule has 7 nitrogen and oxygen atoms in total. The maximum atomic E-state index is 11.9. The van der Waals surface area contributed by atoms with Gasteiger partial charge in [-0.05, 0) is 12.1 Å². The van der Waals surface area contributed by atoms with E-state index in [9.17, 15) is 8.42 Å². The Labute approximate surface area is 135 Å². The van der Waals surface area contributed by atoms with Gasteiger partial charge in [0.1, 0.15) is 0 Å². The molecule has 124 valence electrons. The lowest BCUT2D eigenvalue weighted by Gasteiger charge is -2.36. The van der Waals surface area contributed by atoms with Crippen LogP contribution in [-0.4, -0.2) is 55.9 Å². The van der Waals surface area contributed by atoms with Crippen LogP contribution >= 0.6 is 0 Å². The molecule has 0 unspecified atom stereocenters. The first kappa shape index (κ1) is 15.9.